The fourth-order valence-electron chi connectivity index (χ4n) is 1.62. The van der Waals surface area contributed by atoms with Gasteiger partial charge in [-0.25, -0.2) is 0 Å². The molecule has 0 atom stereocenters. The van der Waals surface area contributed by atoms with E-state index in [-0.39, 0.29) is 0 Å². The van der Waals surface area contributed by atoms with Gasteiger partial charge in [-0.05, 0) is 49.3 Å². The molecule has 0 spiro atoms. The first-order valence-corrected chi connectivity index (χ1v) is 4.39. The summed E-state index contributed by atoms with van der Waals surface area (Å²) < 4.78 is 0. The first kappa shape index (κ1) is 9.05. The SMILES string of the molecule is C/C=c1/c(C)ccc(C)/c1=C/C. The molecule has 1 aromatic rings. The molecular weight excluding hydrogens is 144 g/mol. The fourth-order valence-corrected chi connectivity index (χ4v) is 1.62. The Balaban J connectivity index is 3.76. The van der Waals surface area contributed by atoms with E-state index in [1.807, 2.05) is 0 Å². The lowest BCUT2D eigenvalue weighted by atomic mass is 10.1. The lowest BCUT2D eigenvalue weighted by molar-refractivity contribution is 1.29. The van der Waals surface area contributed by atoms with E-state index in [0.29, 0.717) is 0 Å². The molecule has 0 radical (unpaired) electrons. The fraction of sp³-hybridized carbons (Fsp3) is 0.333. The summed E-state index contributed by atoms with van der Waals surface area (Å²) in [4.78, 5) is 0. The van der Waals surface area contributed by atoms with E-state index < -0.39 is 0 Å². The number of rotatable bonds is 0. The maximum atomic E-state index is 2.18. The van der Waals surface area contributed by atoms with Crippen molar-refractivity contribution in [2.24, 2.45) is 0 Å². The largest absolute Gasteiger partial charge is 0.0795 e. The minimum absolute atomic E-state index is 1.36. The normalized spacial score (nSPS) is 14.0. The zero-order valence-electron chi connectivity index (χ0n) is 8.31. The molecule has 0 aliphatic rings. The van der Waals surface area contributed by atoms with Crippen LogP contribution in [0.5, 0.6) is 0 Å². The van der Waals surface area contributed by atoms with Crippen molar-refractivity contribution in [3.05, 3.63) is 33.7 Å². The highest BCUT2D eigenvalue weighted by atomic mass is 14.0. The molecule has 0 bridgehead atoms. The average Bonchev–Trinajstić information content (AvgIpc) is 2.08. The maximum Gasteiger partial charge on any atom is -0.0198 e. The van der Waals surface area contributed by atoms with Crippen LogP contribution in [-0.2, 0) is 0 Å². The zero-order valence-corrected chi connectivity index (χ0v) is 8.31. The Kier molecular flexibility index (Phi) is 2.69. The second kappa shape index (κ2) is 3.57. The average molecular weight is 160 g/mol. The molecule has 0 N–H and O–H groups in total. The second-order valence-electron chi connectivity index (χ2n) is 3.10. The van der Waals surface area contributed by atoms with E-state index in [0.717, 1.165) is 0 Å². The summed E-state index contributed by atoms with van der Waals surface area (Å²) in [5, 5.41) is 2.75. The van der Waals surface area contributed by atoms with Crippen LogP contribution in [-0.4, -0.2) is 0 Å². The van der Waals surface area contributed by atoms with Crippen molar-refractivity contribution < 1.29 is 0 Å². The molecular formula is C12H16. The van der Waals surface area contributed by atoms with Crippen molar-refractivity contribution in [1.29, 1.82) is 0 Å². The second-order valence-corrected chi connectivity index (χ2v) is 3.10. The van der Waals surface area contributed by atoms with Crippen molar-refractivity contribution in [2.75, 3.05) is 0 Å². The molecule has 0 amide bonds. The van der Waals surface area contributed by atoms with Crippen LogP contribution in [0.4, 0.5) is 0 Å². The third-order valence-electron chi connectivity index (χ3n) is 2.30. The molecule has 0 aromatic heterocycles. The van der Waals surface area contributed by atoms with Crippen LogP contribution in [0.3, 0.4) is 0 Å². The molecule has 0 aliphatic carbocycles. The summed E-state index contributed by atoms with van der Waals surface area (Å²) in [5.41, 5.74) is 2.72. The van der Waals surface area contributed by atoms with Crippen molar-refractivity contribution in [1.82, 2.24) is 0 Å². The van der Waals surface area contributed by atoms with Crippen molar-refractivity contribution >= 4 is 12.2 Å². The van der Waals surface area contributed by atoms with Gasteiger partial charge in [0.25, 0.3) is 0 Å². The maximum absolute atomic E-state index is 2.18. The molecule has 1 aromatic carbocycles. The quantitative estimate of drug-likeness (QED) is 0.544. The topological polar surface area (TPSA) is 0 Å². The van der Waals surface area contributed by atoms with Crippen LogP contribution in [0.2, 0.25) is 0 Å². The molecule has 0 fully saturated rings. The van der Waals surface area contributed by atoms with E-state index >= 15 is 0 Å². The third kappa shape index (κ3) is 1.42. The van der Waals surface area contributed by atoms with Gasteiger partial charge in [-0.15, -0.1) is 0 Å². The Labute approximate surface area is 74.2 Å². The van der Waals surface area contributed by atoms with Gasteiger partial charge in [0.1, 0.15) is 0 Å². The molecule has 0 heterocycles. The van der Waals surface area contributed by atoms with Crippen molar-refractivity contribution in [3.63, 3.8) is 0 Å². The lowest BCUT2D eigenvalue weighted by Crippen LogP contribution is -2.29. The van der Waals surface area contributed by atoms with Crippen molar-refractivity contribution in [3.8, 4) is 0 Å². The van der Waals surface area contributed by atoms with Gasteiger partial charge < -0.3 is 0 Å². The van der Waals surface area contributed by atoms with Gasteiger partial charge in [-0.3, -0.25) is 0 Å². The molecule has 12 heavy (non-hydrogen) atoms. The molecule has 0 nitrogen and oxygen atoms in total. The van der Waals surface area contributed by atoms with Gasteiger partial charge in [0.2, 0.25) is 0 Å². The molecule has 64 valence electrons. The Morgan fingerprint density at radius 2 is 1.17 bits per heavy atom. The summed E-state index contributed by atoms with van der Waals surface area (Å²) in [6.07, 6.45) is 4.36. The highest BCUT2D eigenvalue weighted by Gasteiger charge is 1.92. The first-order valence-electron chi connectivity index (χ1n) is 4.39. The van der Waals surface area contributed by atoms with Crippen LogP contribution in [0.25, 0.3) is 12.2 Å². The van der Waals surface area contributed by atoms with E-state index in [2.05, 4.69) is 52.0 Å². The molecule has 0 unspecified atom stereocenters. The molecule has 0 heteroatoms. The summed E-state index contributed by atoms with van der Waals surface area (Å²) in [6, 6.07) is 4.36. The van der Waals surface area contributed by atoms with E-state index in [9.17, 15) is 0 Å². The number of hydrogen-bond acceptors (Lipinski definition) is 0. The van der Waals surface area contributed by atoms with Crippen LogP contribution in [0, 0.1) is 13.8 Å². The molecule has 1 rings (SSSR count). The van der Waals surface area contributed by atoms with Crippen LogP contribution >= 0.6 is 0 Å². The van der Waals surface area contributed by atoms with Gasteiger partial charge in [-0.1, -0.05) is 24.3 Å². The Morgan fingerprint density at radius 1 is 0.833 bits per heavy atom. The van der Waals surface area contributed by atoms with E-state index in [4.69, 9.17) is 0 Å². The monoisotopic (exact) mass is 160 g/mol. The predicted molar refractivity (Wildman–Crippen MR) is 55.4 cm³/mol. The molecule has 0 aliphatic heterocycles. The molecule has 0 saturated heterocycles. The Hall–Kier alpha value is -1.04. The van der Waals surface area contributed by atoms with Crippen LogP contribution in [0.15, 0.2) is 12.1 Å². The van der Waals surface area contributed by atoms with Crippen LogP contribution in [0.1, 0.15) is 25.0 Å². The van der Waals surface area contributed by atoms with Gasteiger partial charge in [0.05, 0.1) is 0 Å². The summed E-state index contributed by atoms with van der Waals surface area (Å²) in [7, 11) is 0. The van der Waals surface area contributed by atoms with Crippen molar-refractivity contribution in [2.45, 2.75) is 27.7 Å². The van der Waals surface area contributed by atoms with E-state index in [1.54, 1.807) is 0 Å². The minimum atomic E-state index is 1.36. The van der Waals surface area contributed by atoms with Gasteiger partial charge in [0, 0.05) is 0 Å². The van der Waals surface area contributed by atoms with E-state index in [1.165, 1.54) is 21.6 Å². The summed E-state index contributed by atoms with van der Waals surface area (Å²) >= 11 is 0. The number of hydrogen-bond donors (Lipinski definition) is 0. The molecule has 0 saturated carbocycles. The lowest BCUT2D eigenvalue weighted by Gasteiger charge is -1.99. The Morgan fingerprint density at radius 3 is 1.42 bits per heavy atom. The summed E-state index contributed by atoms with van der Waals surface area (Å²) in [6.45, 7) is 8.49. The van der Waals surface area contributed by atoms with Gasteiger partial charge >= 0.3 is 0 Å². The smallest absolute Gasteiger partial charge is 0.0198 e. The minimum Gasteiger partial charge on any atom is -0.0795 e. The first-order chi connectivity index (χ1) is 5.70. The standard InChI is InChI=1S/C12H16/c1-5-11-9(3)7-8-10(4)12(11)6-2/h5-8H,1-4H3/b11-5-,12-6-. The predicted octanol–water partition coefficient (Wildman–Crippen LogP) is 1.90. The zero-order chi connectivity index (χ0) is 9.14. The highest BCUT2D eigenvalue weighted by molar-refractivity contribution is 5.37. The summed E-state index contributed by atoms with van der Waals surface area (Å²) in [5.74, 6) is 0. The van der Waals surface area contributed by atoms with Gasteiger partial charge in [0.15, 0.2) is 0 Å². The van der Waals surface area contributed by atoms with Gasteiger partial charge in [-0.2, -0.15) is 0 Å². The number of benzene rings is 1. The third-order valence-corrected chi connectivity index (χ3v) is 2.30. The number of aryl methyl sites for hydroxylation is 2. The van der Waals surface area contributed by atoms with Crippen LogP contribution < -0.4 is 10.4 Å². The highest BCUT2D eigenvalue weighted by Crippen LogP contribution is 1.90. The Bertz CT molecular complexity index is 344.